The maximum absolute atomic E-state index is 12.4. The molecule has 0 aromatic heterocycles. The second kappa shape index (κ2) is 5.55. The molecule has 1 aromatic rings. The van der Waals surface area contributed by atoms with Crippen LogP contribution in [0, 0.1) is 5.92 Å². The first-order chi connectivity index (χ1) is 9.02. The van der Waals surface area contributed by atoms with E-state index in [-0.39, 0.29) is 29.7 Å². The number of Topliss-reactive ketones (excluding diaryl/α,β-unsaturated/α-hetero) is 1. The first-order valence-electron chi connectivity index (χ1n) is 6.90. The van der Waals surface area contributed by atoms with E-state index >= 15 is 0 Å². The predicted octanol–water partition coefficient (Wildman–Crippen LogP) is 2.96. The van der Waals surface area contributed by atoms with Gasteiger partial charge >= 0.3 is 0 Å². The van der Waals surface area contributed by atoms with Crippen molar-refractivity contribution in [1.29, 1.82) is 0 Å². The van der Waals surface area contributed by atoms with Crippen LogP contribution in [-0.4, -0.2) is 22.6 Å². The maximum Gasteiger partial charge on any atom is 0.226 e. The third-order valence-corrected chi connectivity index (χ3v) is 3.79. The maximum atomic E-state index is 12.4. The SMILES string of the molecule is CC(=O)C1CCC(c2ccccc2)N1C(=O)C(C)C. The molecule has 2 atom stereocenters. The highest BCUT2D eigenvalue weighted by Crippen LogP contribution is 2.37. The lowest BCUT2D eigenvalue weighted by Crippen LogP contribution is -2.43. The summed E-state index contributed by atoms with van der Waals surface area (Å²) in [5.74, 6) is 0.0881. The average molecular weight is 259 g/mol. The van der Waals surface area contributed by atoms with Crippen LogP contribution in [0.4, 0.5) is 0 Å². The topological polar surface area (TPSA) is 37.4 Å². The Kier molecular flexibility index (Phi) is 4.03. The fourth-order valence-electron chi connectivity index (χ4n) is 2.82. The quantitative estimate of drug-likeness (QED) is 0.837. The summed E-state index contributed by atoms with van der Waals surface area (Å²) in [6.07, 6.45) is 1.64. The van der Waals surface area contributed by atoms with Gasteiger partial charge in [-0.3, -0.25) is 9.59 Å². The van der Waals surface area contributed by atoms with Crippen LogP contribution in [0.5, 0.6) is 0 Å². The van der Waals surface area contributed by atoms with Crippen molar-refractivity contribution in [1.82, 2.24) is 4.90 Å². The molecule has 1 fully saturated rings. The molecule has 2 unspecified atom stereocenters. The van der Waals surface area contributed by atoms with Gasteiger partial charge in [-0.1, -0.05) is 44.2 Å². The minimum Gasteiger partial charge on any atom is -0.325 e. The fraction of sp³-hybridized carbons (Fsp3) is 0.500. The van der Waals surface area contributed by atoms with Crippen LogP contribution in [0.25, 0.3) is 0 Å². The molecule has 0 N–H and O–H groups in total. The molecule has 1 aliphatic rings. The number of hydrogen-bond acceptors (Lipinski definition) is 2. The fourth-order valence-corrected chi connectivity index (χ4v) is 2.82. The molecule has 0 radical (unpaired) electrons. The van der Waals surface area contributed by atoms with Gasteiger partial charge in [0.1, 0.15) is 0 Å². The van der Waals surface area contributed by atoms with E-state index in [0.717, 1.165) is 18.4 Å². The van der Waals surface area contributed by atoms with Crippen LogP contribution in [-0.2, 0) is 9.59 Å². The van der Waals surface area contributed by atoms with E-state index in [1.807, 2.05) is 49.1 Å². The molecule has 1 aliphatic heterocycles. The number of carbonyl (C=O) groups excluding carboxylic acids is 2. The summed E-state index contributed by atoms with van der Waals surface area (Å²) < 4.78 is 0. The van der Waals surface area contributed by atoms with E-state index in [9.17, 15) is 9.59 Å². The minimum absolute atomic E-state index is 0.0463. The molecule has 1 aromatic carbocycles. The predicted molar refractivity (Wildman–Crippen MR) is 74.6 cm³/mol. The number of likely N-dealkylation sites (tertiary alicyclic amines) is 1. The highest BCUT2D eigenvalue weighted by molar-refractivity contribution is 5.89. The number of rotatable bonds is 3. The van der Waals surface area contributed by atoms with Crippen LogP contribution in [0.3, 0.4) is 0 Å². The summed E-state index contributed by atoms with van der Waals surface area (Å²) in [7, 11) is 0. The Balaban J connectivity index is 2.33. The van der Waals surface area contributed by atoms with Crippen molar-refractivity contribution in [2.75, 3.05) is 0 Å². The van der Waals surface area contributed by atoms with Gasteiger partial charge in [-0.25, -0.2) is 0 Å². The van der Waals surface area contributed by atoms with E-state index < -0.39 is 0 Å². The molecule has 0 aliphatic carbocycles. The first kappa shape index (κ1) is 13.8. The second-order valence-corrected chi connectivity index (χ2v) is 5.53. The van der Waals surface area contributed by atoms with E-state index in [0.29, 0.717) is 0 Å². The van der Waals surface area contributed by atoms with Crippen LogP contribution in [0.1, 0.15) is 45.2 Å². The lowest BCUT2D eigenvalue weighted by Gasteiger charge is -2.31. The summed E-state index contributed by atoms with van der Waals surface area (Å²) in [5, 5.41) is 0. The molecule has 102 valence electrons. The molecule has 3 heteroatoms. The van der Waals surface area contributed by atoms with Gasteiger partial charge in [-0.05, 0) is 25.3 Å². The summed E-state index contributed by atoms with van der Waals surface area (Å²) in [4.78, 5) is 26.0. The van der Waals surface area contributed by atoms with Gasteiger partial charge in [0.15, 0.2) is 5.78 Å². The molecule has 19 heavy (non-hydrogen) atoms. The monoisotopic (exact) mass is 259 g/mol. The van der Waals surface area contributed by atoms with Crippen LogP contribution >= 0.6 is 0 Å². The highest BCUT2D eigenvalue weighted by atomic mass is 16.2. The smallest absolute Gasteiger partial charge is 0.226 e. The molecule has 1 saturated heterocycles. The minimum atomic E-state index is -0.250. The van der Waals surface area contributed by atoms with Crippen LogP contribution in [0.15, 0.2) is 30.3 Å². The van der Waals surface area contributed by atoms with Gasteiger partial charge in [-0.15, -0.1) is 0 Å². The summed E-state index contributed by atoms with van der Waals surface area (Å²) in [6.45, 7) is 5.36. The Morgan fingerprint density at radius 2 is 1.79 bits per heavy atom. The van der Waals surface area contributed by atoms with Crippen molar-refractivity contribution in [3.63, 3.8) is 0 Å². The Bertz CT molecular complexity index is 467. The van der Waals surface area contributed by atoms with Gasteiger partial charge in [-0.2, -0.15) is 0 Å². The third-order valence-electron chi connectivity index (χ3n) is 3.79. The zero-order chi connectivity index (χ0) is 14.0. The van der Waals surface area contributed by atoms with E-state index in [4.69, 9.17) is 0 Å². The van der Waals surface area contributed by atoms with E-state index in [1.54, 1.807) is 6.92 Å². The van der Waals surface area contributed by atoms with Gasteiger partial charge in [0.25, 0.3) is 0 Å². The van der Waals surface area contributed by atoms with Gasteiger partial charge in [0, 0.05) is 5.92 Å². The number of benzene rings is 1. The standard InChI is InChI=1S/C16H21NO2/c1-11(2)16(19)17-14(12(3)18)9-10-15(17)13-7-5-4-6-8-13/h4-8,11,14-15H,9-10H2,1-3H3. The number of hydrogen-bond donors (Lipinski definition) is 0. The number of ketones is 1. The molecule has 2 rings (SSSR count). The van der Waals surface area contributed by atoms with Crippen LogP contribution in [0.2, 0.25) is 0 Å². The largest absolute Gasteiger partial charge is 0.325 e. The zero-order valence-corrected chi connectivity index (χ0v) is 11.8. The first-order valence-corrected chi connectivity index (χ1v) is 6.90. The zero-order valence-electron chi connectivity index (χ0n) is 11.8. The summed E-state index contributed by atoms with van der Waals surface area (Å²) >= 11 is 0. The van der Waals surface area contributed by atoms with Gasteiger partial charge in [0.2, 0.25) is 5.91 Å². The molecular formula is C16H21NO2. The Morgan fingerprint density at radius 1 is 1.16 bits per heavy atom. The highest BCUT2D eigenvalue weighted by Gasteiger charge is 2.40. The van der Waals surface area contributed by atoms with Crippen LogP contribution < -0.4 is 0 Å². The van der Waals surface area contributed by atoms with E-state index in [2.05, 4.69) is 0 Å². The van der Waals surface area contributed by atoms with Crippen molar-refractivity contribution < 1.29 is 9.59 Å². The van der Waals surface area contributed by atoms with Gasteiger partial charge < -0.3 is 4.90 Å². The molecule has 3 nitrogen and oxygen atoms in total. The summed E-state index contributed by atoms with van der Waals surface area (Å²) in [6, 6.07) is 9.80. The second-order valence-electron chi connectivity index (χ2n) is 5.53. The van der Waals surface area contributed by atoms with Crippen molar-refractivity contribution >= 4 is 11.7 Å². The number of amides is 1. The van der Waals surface area contributed by atoms with Crippen molar-refractivity contribution in [3.8, 4) is 0 Å². The number of carbonyl (C=O) groups is 2. The number of nitrogens with zero attached hydrogens (tertiary/aromatic N) is 1. The van der Waals surface area contributed by atoms with Crippen molar-refractivity contribution in [3.05, 3.63) is 35.9 Å². The third kappa shape index (κ3) is 2.70. The van der Waals surface area contributed by atoms with Gasteiger partial charge in [0.05, 0.1) is 12.1 Å². The normalized spacial score (nSPS) is 22.8. The summed E-state index contributed by atoms with van der Waals surface area (Å²) in [5.41, 5.74) is 1.13. The average Bonchev–Trinajstić information content (AvgIpc) is 2.83. The molecular weight excluding hydrogens is 238 g/mol. The Hall–Kier alpha value is -1.64. The Labute approximate surface area is 114 Å². The van der Waals surface area contributed by atoms with Crippen molar-refractivity contribution in [2.24, 2.45) is 5.92 Å². The lowest BCUT2D eigenvalue weighted by molar-refractivity contribution is -0.141. The molecule has 1 amide bonds. The van der Waals surface area contributed by atoms with Crippen molar-refractivity contribution in [2.45, 2.75) is 45.7 Å². The molecule has 0 saturated carbocycles. The molecule has 0 bridgehead atoms. The lowest BCUT2D eigenvalue weighted by atomic mass is 10.0. The Morgan fingerprint density at radius 3 is 2.32 bits per heavy atom. The molecule has 1 heterocycles. The molecule has 0 spiro atoms. The van der Waals surface area contributed by atoms with E-state index in [1.165, 1.54) is 0 Å².